The lowest BCUT2D eigenvalue weighted by atomic mass is 10.1. The third-order valence-corrected chi connectivity index (χ3v) is 2.48. The van der Waals surface area contributed by atoms with Gasteiger partial charge in [-0.25, -0.2) is 0 Å². The first kappa shape index (κ1) is 9.59. The van der Waals surface area contributed by atoms with E-state index in [9.17, 15) is 0 Å². The molecule has 0 saturated carbocycles. The van der Waals surface area contributed by atoms with Gasteiger partial charge in [0.05, 0.1) is 0 Å². The molecule has 3 rings (SSSR count). The number of rotatable bonds is 1. The van der Waals surface area contributed by atoms with E-state index in [0.717, 1.165) is 16.5 Å². The monoisotopic (exact) mass is 226 g/mol. The summed E-state index contributed by atoms with van der Waals surface area (Å²) in [6.45, 7) is 0. The molecule has 0 bridgehead atoms. The number of anilines is 2. The van der Waals surface area contributed by atoms with Gasteiger partial charge in [-0.3, -0.25) is 0 Å². The fourth-order valence-electron chi connectivity index (χ4n) is 1.73. The molecule has 0 spiro atoms. The molecule has 0 aliphatic rings. The number of nitrogens with one attached hydrogen (secondary N) is 1. The van der Waals surface area contributed by atoms with Crippen molar-refractivity contribution in [2.24, 2.45) is 0 Å². The highest BCUT2D eigenvalue weighted by Gasteiger charge is 2.06. The Kier molecular flexibility index (Phi) is 1.94. The number of hydrogen-bond acceptors (Lipinski definition) is 5. The number of nitrogen functional groups attached to an aromatic ring is 2. The van der Waals surface area contributed by atoms with E-state index in [-0.39, 0.29) is 11.9 Å². The normalized spacial score (nSPS) is 10.8. The second-order valence-electron chi connectivity index (χ2n) is 3.66. The third kappa shape index (κ3) is 1.65. The Labute approximate surface area is 96.7 Å². The Morgan fingerprint density at radius 1 is 0.941 bits per heavy atom. The molecule has 17 heavy (non-hydrogen) atoms. The highest BCUT2D eigenvalue weighted by molar-refractivity contribution is 5.83. The van der Waals surface area contributed by atoms with E-state index < -0.39 is 0 Å². The molecule has 6 nitrogen and oxygen atoms in total. The van der Waals surface area contributed by atoms with Gasteiger partial charge in [0, 0.05) is 22.7 Å². The fourth-order valence-corrected chi connectivity index (χ4v) is 1.73. The summed E-state index contributed by atoms with van der Waals surface area (Å²) in [7, 11) is 0. The number of nitrogens with zero attached hydrogens (tertiary/aromatic N) is 3. The molecular weight excluding hydrogens is 216 g/mol. The van der Waals surface area contributed by atoms with E-state index in [1.807, 2.05) is 30.5 Å². The zero-order chi connectivity index (χ0) is 11.8. The maximum atomic E-state index is 5.54. The van der Waals surface area contributed by atoms with Crippen molar-refractivity contribution in [2.45, 2.75) is 0 Å². The van der Waals surface area contributed by atoms with Crippen LogP contribution < -0.4 is 11.5 Å². The van der Waals surface area contributed by atoms with Gasteiger partial charge in [-0.1, -0.05) is 0 Å². The Morgan fingerprint density at radius 2 is 1.71 bits per heavy atom. The highest BCUT2D eigenvalue weighted by Crippen LogP contribution is 2.21. The minimum atomic E-state index is 0.127. The summed E-state index contributed by atoms with van der Waals surface area (Å²) in [5, 5.41) is 1.08. The number of H-pyrrole nitrogens is 1. The van der Waals surface area contributed by atoms with Gasteiger partial charge in [-0.05, 0) is 24.3 Å². The van der Waals surface area contributed by atoms with Gasteiger partial charge in [0.1, 0.15) is 0 Å². The molecule has 2 heterocycles. The highest BCUT2D eigenvalue weighted by atomic mass is 15.1. The van der Waals surface area contributed by atoms with Crippen LogP contribution in [0.4, 0.5) is 11.9 Å². The molecule has 84 valence electrons. The van der Waals surface area contributed by atoms with Gasteiger partial charge in [0.15, 0.2) is 5.82 Å². The minimum Gasteiger partial charge on any atom is -0.368 e. The second kappa shape index (κ2) is 3.44. The molecule has 0 fully saturated rings. The van der Waals surface area contributed by atoms with Crippen molar-refractivity contribution in [3.05, 3.63) is 30.5 Å². The van der Waals surface area contributed by atoms with Crippen LogP contribution in [0.25, 0.3) is 22.3 Å². The average molecular weight is 226 g/mol. The number of aromatic amines is 1. The molecule has 0 aliphatic carbocycles. The SMILES string of the molecule is Nc1nc(N)nc(-c2ccc3[nH]ccc3c2)n1. The lowest BCUT2D eigenvalue weighted by Gasteiger charge is -2.02. The molecule has 6 heteroatoms. The number of nitrogens with two attached hydrogens (primary N) is 2. The Balaban J connectivity index is 2.19. The Hall–Kier alpha value is -2.63. The van der Waals surface area contributed by atoms with Crippen molar-refractivity contribution in [3.63, 3.8) is 0 Å². The van der Waals surface area contributed by atoms with Gasteiger partial charge < -0.3 is 16.5 Å². The third-order valence-electron chi connectivity index (χ3n) is 2.48. The summed E-state index contributed by atoms with van der Waals surface area (Å²) in [6.07, 6.45) is 1.88. The zero-order valence-electron chi connectivity index (χ0n) is 8.88. The molecule has 1 aromatic carbocycles. The van der Waals surface area contributed by atoms with Crippen LogP contribution in [0.3, 0.4) is 0 Å². The van der Waals surface area contributed by atoms with Gasteiger partial charge >= 0.3 is 0 Å². The van der Waals surface area contributed by atoms with Crippen LogP contribution in [-0.4, -0.2) is 19.9 Å². The number of hydrogen-bond donors (Lipinski definition) is 3. The molecule has 0 amide bonds. The van der Waals surface area contributed by atoms with Crippen LogP contribution in [-0.2, 0) is 0 Å². The molecule has 0 radical (unpaired) electrons. The zero-order valence-corrected chi connectivity index (χ0v) is 8.88. The standard InChI is InChI=1S/C11H10N6/c12-10-15-9(16-11(13)17-10)7-1-2-8-6(5-7)3-4-14-8/h1-5,14H,(H4,12,13,15,16,17). The van der Waals surface area contributed by atoms with Crippen LogP contribution >= 0.6 is 0 Å². The molecule has 2 aromatic heterocycles. The Morgan fingerprint density at radius 3 is 2.47 bits per heavy atom. The summed E-state index contributed by atoms with van der Waals surface area (Å²) in [5.74, 6) is 0.737. The van der Waals surface area contributed by atoms with Gasteiger partial charge in [-0.2, -0.15) is 15.0 Å². The van der Waals surface area contributed by atoms with Crippen LogP contribution in [0.2, 0.25) is 0 Å². The molecule has 3 aromatic rings. The van der Waals surface area contributed by atoms with Crippen LogP contribution in [0.5, 0.6) is 0 Å². The largest absolute Gasteiger partial charge is 0.368 e. The molecule has 0 saturated heterocycles. The van der Waals surface area contributed by atoms with E-state index in [1.165, 1.54) is 0 Å². The first-order valence-electron chi connectivity index (χ1n) is 5.07. The second-order valence-corrected chi connectivity index (χ2v) is 3.66. The molecule has 0 unspecified atom stereocenters. The Bertz CT molecular complexity index is 667. The predicted molar refractivity (Wildman–Crippen MR) is 65.9 cm³/mol. The van der Waals surface area contributed by atoms with Crippen molar-refractivity contribution in [1.29, 1.82) is 0 Å². The first-order chi connectivity index (χ1) is 8.22. The van der Waals surface area contributed by atoms with E-state index in [1.54, 1.807) is 0 Å². The summed E-state index contributed by atoms with van der Waals surface area (Å²) < 4.78 is 0. The van der Waals surface area contributed by atoms with Crippen molar-refractivity contribution in [1.82, 2.24) is 19.9 Å². The first-order valence-corrected chi connectivity index (χ1v) is 5.07. The molecule has 0 aliphatic heterocycles. The summed E-state index contributed by atoms with van der Waals surface area (Å²) >= 11 is 0. The molecular formula is C11H10N6. The number of fused-ring (bicyclic) bond motifs is 1. The maximum Gasteiger partial charge on any atom is 0.225 e. The smallest absolute Gasteiger partial charge is 0.225 e. The van der Waals surface area contributed by atoms with Gasteiger partial charge in [-0.15, -0.1) is 0 Å². The molecule has 5 N–H and O–H groups in total. The van der Waals surface area contributed by atoms with Crippen molar-refractivity contribution in [2.75, 3.05) is 11.5 Å². The lowest BCUT2D eigenvalue weighted by Crippen LogP contribution is -2.04. The van der Waals surface area contributed by atoms with Gasteiger partial charge in [0.25, 0.3) is 0 Å². The average Bonchev–Trinajstić information content (AvgIpc) is 2.74. The predicted octanol–water partition coefficient (Wildman–Crippen LogP) is 1.18. The summed E-state index contributed by atoms with van der Waals surface area (Å²) in [6, 6.07) is 7.82. The van der Waals surface area contributed by atoms with Gasteiger partial charge in [0.2, 0.25) is 11.9 Å². The number of benzene rings is 1. The van der Waals surface area contributed by atoms with E-state index in [0.29, 0.717) is 5.82 Å². The van der Waals surface area contributed by atoms with Crippen LogP contribution in [0.15, 0.2) is 30.5 Å². The lowest BCUT2D eigenvalue weighted by molar-refractivity contribution is 1.09. The maximum absolute atomic E-state index is 5.54. The van der Waals surface area contributed by atoms with E-state index in [4.69, 9.17) is 11.5 Å². The number of aromatic nitrogens is 4. The fraction of sp³-hybridized carbons (Fsp3) is 0. The van der Waals surface area contributed by atoms with Crippen LogP contribution in [0, 0.1) is 0 Å². The molecule has 0 atom stereocenters. The van der Waals surface area contributed by atoms with Crippen molar-refractivity contribution >= 4 is 22.8 Å². The topological polar surface area (TPSA) is 106 Å². The quantitative estimate of drug-likeness (QED) is 0.577. The van der Waals surface area contributed by atoms with Crippen molar-refractivity contribution < 1.29 is 0 Å². The van der Waals surface area contributed by atoms with E-state index >= 15 is 0 Å². The minimum absolute atomic E-state index is 0.127. The van der Waals surface area contributed by atoms with Crippen LogP contribution in [0.1, 0.15) is 0 Å². The van der Waals surface area contributed by atoms with Crippen molar-refractivity contribution in [3.8, 4) is 11.4 Å². The summed E-state index contributed by atoms with van der Waals surface area (Å²) in [5.41, 5.74) is 13.0. The van der Waals surface area contributed by atoms with E-state index in [2.05, 4.69) is 19.9 Å². The summed E-state index contributed by atoms with van der Waals surface area (Å²) in [4.78, 5) is 15.0.